The Morgan fingerprint density at radius 1 is 1.07 bits per heavy atom. The molecule has 1 aliphatic rings. The number of amides is 1. The fourth-order valence-electron chi connectivity index (χ4n) is 5.17. The summed E-state index contributed by atoms with van der Waals surface area (Å²) in [6.45, 7) is -0.684. The van der Waals surface area contributed by atoms with E-state index >= 15 is 0 Å². The Morgan fingerprint density at radius 3 is 2.28 bits per heavy atom. The number of hydrogen-bond acceptors (Lipinski definition) is 6. The number of hydrogen-bond donors (Lipinski definition) is 1. The van der Waals surface area contributed by atoms with E-state index in [4.69, 9.17) is 27.6 Å². The summed E-state index contributed by atoms with van der Waals surface area (Å²) in [5.74, 6) is -1.08. The molecule has 1 N–H and O–H groups in total. The van der Waals surface area contributed by atoms with Crippen LogP contribution in [-0.2, 0) is 20.0 Å². The van der Waals surface area contributed by atoms with E-state index in [0.717, 1.165) is 11.3 Å². The van der Waals surface area contributed by atoms with Crippen molar-refractivity contribution < 1.29 is 35.2 Å². The van der Waals surface area contributed by atoms with Crippen LogP contribution in [0.5, 0.6) is 0 Å². The van der Waals surface area contributed by atoms with Gasteiger partial charge in [-0.1, -0.05) is 36.5 Å². The van der Waals surface area contributed by atoms with Crippen molar-refractivity contribution in [2.75, 3.05) is 29.1 Å². The van der Waals surface area contributed by atoms with E-state index in [1.807, 2.05) is 0 Å². The number of sulfone groups is 1. The number of aromatic nitrogens is 1. The molecule has 43 heavy (non-hydrogen) atoms. The molecule has 0 atom stereocenters. The molecule has 0 aliphatic heterocycles. The van der Waals surface area contributed by atoms with Gasteiger partial charge in [0, 0.05) is 33.0 Å². The van der Waals surface area contributed by atoms with Crippen molar-refractivity contribution in [2.24, 2.45) is 0 Å². The molecule has 4 aromatic rings. The highest BCUT2D eigenvalue weighted by atomic mass is 35.5. The molecular weight excluding hydrogens is 633 g/mol. The van der Waals surface area contributed by atoms with Gasteiger partial charge in [-0.2, -0.15) is 13.2 Å². The SMILES string of the molecule is CCS(=O)(=O)c1ccc(N(CC(=O)Nc2cc(Cl)c(C3(c4nc5ccc(F)cc5o4)CCC3)c(Cl)c2)CC(F)(F)F)cc1. The van der Waals surface area contributed by atoms with Gasteiger partial charge in [-0.05, 0) is 61.4 Å². The number of alkyl halides is 3. The number of carbonyl (C=O) groups is 1. The molecule has 1 aliphatic carbocycles. The molecule has 1 heterocycles. The lowest BCUT2D eigenvalue weighted by molar-refractivity contribution is -0.122. The van der Waals surface area contributed by atoms with Crippen LogP contribution in [0, 0.1) is 5.82 Å². The predicted octanol–water partition coefficient (Wildman–Crippen LogP) is 7.54. The molecule has 228 valence electrons. The Hall–Kier alpha value is -3.35. The molecule has 3 aromatic carbocycles. The second-order valence-corrected chi connectivity index (χ2v) is 13.4. The molecule has 1 aromatic heterocycles. The number of nitrogens with one attached hydrogen (secondary N) is 1. The first kappa shape index (κ1) is 31.1. The van der Waals surface area contributed by atoms with Crippen LogP contribution in [0.25, 0.3) is 11.1 Å². The number of benzene rings is 3. The molecule has 0 bridgehead atoms. The quantitative estimate of drug-likeness (QED) is 0.187. The van der Waals surface area contributed by atoms with E-state index in [1.54, 1.807) is 0 Å². The standard InChI is InChI=1S/C29H25Cl2F4N3O4S/c1-2-43(40,41)20-7-5-19(6-8-20)38(16-29(33,34)35)15-25(39)36-18-13-21(30)26(22(31)14-18)28(10-3-11-28)27-37-23-9-4-17(32)12-24(23)42-27/h4-9,12-14H,2-3,10-11,15-16H2,1H3,(H,36,39). The van der Waals surface area contributed by atoms with Gasteiger partial charge >= 0.3 is 6.18 Å². The van der Waals surface area contributed by atoms with Crippen LogP contribution in [-0.4, -0.2) is 44.3 Å². The molecule has 1 fully saturated rings. The Balaban J connectivity index is 1.38. The van der Waals surface area contributed by atoms with Crippen molar-refractivity contribution in [2.45, 2.75) is 42.7 Å². The fraction of sp³-hybridized carbons (Fsp3) is 0.310. The first-order valence-corrected chi connectivity index (χ1v) is 15.6. The van der Waals surface area contributed by atoms with Crippen molar-refractivity contribution in [3.8, 4) is 0 Å². The van der Waals surface area contributed by atoms with Crippen molar-refractivity contribution in [3.63, 3.8) is 0 Å². The maximum Gasteiger partial charge on any atom is 0.405 e. The molecule has 14 heteroatoms. The lowest BCUT2D eigenvalue weighted by atomic mass is 9.64. The number of nitrogens with zero attached hydrogens (tertiary/aromatic N) is 2. The average molecular weight is 659 g/mol. The summed E-state index contributed by atoms with van der Waals surface area (Å²) in [6.07, 6.45) is -2.59. The molecule has 0 radical (unpaired) electrons. The maximum absolute atomic E-state index is 13.7. The molecular formula is C29H25Cl2F4N3O4S. The van der Waals surface area contributed by atoms with Crippen molar-refractivity contribution in [3.05, 3.63) is 81.9 Å². The van der Waals surface area contributed by atoms with Crippen LogP contribution in [0.1, 0.15) is 37.6 Å². The van der Waals surface area contributed by atoms with Crippen LogP contribution in [0.3, 0.4) is 0 Å². The summed E-state index contributed by atoms with van der Waals surface area (Å²) in [5, 5.41) is 2.92. The van der Waals surface area contributed by atoms with Gasteiger partial charge < -0.3 is 14.6 Å². The zero-order valence-electron chi connectivity index (χ0n) is 22.6. The van der Waals surface area contributed by atoms with E-state index in [9.17, 15) is 30.8 Å². The lowest BCUT2D eigenvalue weighted by Gasteiger charge is -2.40. The third kappa shape index (κ3) is 6.46. The van der Waals surface area contributed by atoms with E-state index < -0.39 is 46.2 Å². The summed E-state index contributed by atoms with van der Waals surface area (Å²) in [5.41, 5.74) is 0.681. The Labute approximate surface area is 254 Å². The van der Waals surface area contributed by atoms with Gasteiger partial charge in [-0.15, -0.1) is 0 Å². The summed E-state index contributed by atoms with van der Waals surface area (Å²) in [4.78, 5) is 18.2. The van der Waals surface area contributed by atoms with Gasteiger partial charge in [-0.3, -0.25) is 4.79 Å². The smallest absolute Gasteiger partial charge is 0.405 e. The molecule has 1 amide bonds. The highest BCUT2D eigenvalue weighted by Gasteiger charge is 2.47. The summed E-state index contributed by atoms with van der Waals surface area (Å²) < 4.78 is 84.0. The maximum atomic E-state index is 13.7. The van der Waals surface area contributed by atoms with Gasteiger partial charge in [0.05, 0.1) is 22.6 Å². The number of rotatable bonds is 9. The highest BCUT2D eigenvalue weighted by Crippen LogP contribution is 2.54. The topological polar surface area (TPSA) is 92.5 Å². The van der Waals surface area contributed by atoms with E-state index in [2.05, 4.69) is 10.3 Å². The first-order valence-electron chi connectivity index (χ1n) is 13.2. The van der Waals surface area contributed by atoms with Crippen molar-refractivity contribution in [1.82, 2.24) is 4.98 Å². The average Bonchev–Trinajstić information content (AvgIpc) is 3.31. The largest absolute Gasteiger partial charge is 0.440 e. The highest BCUT2D eigenvalue weighted by molar-refractivity contribution is 7.91. The monoisotopic (exact) mass is 657 g/mol. The van der Waals surface area contributed by atoms with Crippen molar-refractivity contribution in [1.29, 1.82) is 0 Å². The van der Waals surface area contributed by atoms with E-state index in [-0.39, 0.29) is 37.7 Å². The van der Waals surface area contributed by atoms with Crippen LogP contribution < -0.4 is 10.2 Å². The number of anilines is 2. The third-order valence-electron chi connectivity index (χ3n) is 7.42. The molecule has 7 nitrogen and oxygen atoms in total. The van der Waals surface area contributed by atoms with E-state index in [0.29, 0.717) is 29.8 Å². The number of fused-ring (bicyclic) bond motifs is 1. The van der Waals surface area contributed by atoms with E-state index in [1.165, 1.54) is 61.5 Å². The molecule has 0 saturated heterocycles. The summed E-state index contributed by atoms with van der Waals surface area (Å²) in [6, 6.07) is 11.8. The second-order valence-electron chi connectivity index (χ2n) is 10.3. The third-order valence-corrected chi connectivity index (χ3v) is 9.76. The predicted molar refractivity (Wildman–Crippen MR) is 156 cm³/mol. The number of halogens is 6. The normalized spacial score (nSPS) is 14.9. The molecule has 0 unspecified atom stereocenters. The zero-order chi connectivity index (χ0) is 31.2. The van der Waals surface area contributed by atoms with Crippen molar-refractivity contribution >= 4 is 61.4 Å². The minimum atomic E-state index is -4.64. The number of oxazole rings is 1. The van der Waals surface area contributed by atoms with Crippen LogP contribution in [0.15, 0.2) is 63.9 Å². The van der Waals surface area contributed by atoms with Crippen LogP contribution in [0.4, 0.5) is 28.9 Å². The summed E-state index contributed by atoms with van der Waals surface area (Å²) >= 11 is 13.3. The second kappa shape index (κ2) is 11.6. The molecule has 1 saturated carbocycles. The Bertz CT molecular complexity index is 1770. The van der Waals surface area contributed by atoms with Crippen LogP contribution in [0.2, 0.25) is 10.0 Å². The van der Waals surface area contributed by atoms with Gasteiger partial charge in [0.15, 0.2) is 15.4 Å². The minimum Gasteiger partial charge on any atom is -0.440 e. The lowest BCUT2D eigenvalue weighted by Crippen LogP contribution is -2.40. The van der Waals surface area contributed by atoms with Crippen LogP contribution >= 0.6 is 23.2 Å². The summed E-state index contributed by atoms with van der Waals surface area (Å²) in [7, 11) is -3.56. The van der Waals surface area contributed by atoms with Gasteiger partial charge in [0.25, 0.3) is 0 Å². The number of carbonyl (C=O) groups excluding carboxylic acids is 1. The first-order chi connectivity index (χ1) is 20.2. The minimum absolute atomic E-state index is 0.0130. The fourth-order valence-corrected chi connectivity index (χ4v) is 6.90. The Kier molecular flexibility index (Phi) is 8.40. The zero-order valence-corrected chi connectivity index (χ0v) is 25.0. The molecule has 0 spiro atoms. The van der Waals surface area contributed by atoms with Gasteiger partial charge in [0.2, 0.25) is 11.8 Å². The van der Waals surface area contributed by atoms with Gasteiger partial charge in [-0.25, -0.2) is 17.8 Å². The molecule has 5 rings (SSSR count). The Morgan fingerprint density at radius 2 is 1.72 bits per heavy atom. The van der Waals surface area contributed by atoms with Gasteiger partial charge in [0.1, 0.15) is 17.9 Å².